The van der Waals surface area contributed by atoms with Crippen molar-refractivity contribution >= 4 is 31.2 Å². The van der Waals surface area contributed by atoms with Crippen LogP contribution in [0.25, 0.3) is 0 Å². The van der Waals surface area contributed by atoms with Crippen LogP contribution in [-0.4, -0.2) is 42.0 Å². The van der Waals surface area contributed by atoms with Gasteiger partial charge in [0.15, 0.2) is 0 Å². The van der Waals surface area contributed by atoms with Crippen LogP contribution in [0, 0.1) is 5.82 Å². The van der Waals surface area contributed by atoms with Crippen molar-refractivity contribution in [2.75, 3.05) is 12.0 Å². The molecule has 1 aromatic carbocycles. The van der Waals surface area contributed by atoms with Gasteiger partial charge in [-0.05, 0) is 54.8 Å². The molecular weight excluding hydrogens is 385 g/mol. The van der Waals surface area contributed by atoms with Gasteiger partial charge in [0.05, 0.1) is 18.4 Å². The number of allylic oxidation sites excluding steroid dienone is 1. The summed E-state index contributed by atoms with van der Waals surface area (Å²) in [6, 6.07) is 3.21. The Bertz CT molecular complexity index is 934. The number of aliphatic imine (C=N–C) groups is 2. The lowest BCUT2D eigenvalue weighted by Gasteiger charge is -2.10. The first-order valence-corrected chi connectivity index (χ1v) is 9.72. The molecule has 1 N–H and O–H groups in total. The Kier molecular flexibility index (Phi) is 9.30. The van der Waals surface area contributed by atoms with E-state index >= 15 is 0 Å². The van der Waals surface area contributed by atoms with Gasteiger partial charge in [-0.15, -0.1) is 0 Å². The molecule has 0 saturated carbocycles. The molecule has 0 aliphatic rings. The third kappa shape index (κ3) is 6.88. The number of benzene rings is 1. The molecule has 0 bridgehead atoms. The third-order valence-electron chi connectivity index (χ3n) is 4.37. The highest BCUT2D eigenvalue weighted by Gasteiger charge is 2.11. The maximum Gasteiger partial charge on any atom is 0.150 e. The maximum absolute atomic E-state index is 14.7. The van der Waals surface area contributed by atoms with E-state index in [0.29, 0.717) is 42.6 Å². The van der Waals surface area contributed by atoms with E-state index < -0.39 is 0 Å². The largest absolute Gasteiger partial charge is 0.364 e. The summed E-state index contributed by atoms with van der Waals surface area (Å²) in [6.45, 7) is 5.95. The lowest BCUT2D eigenvalue weighted by molar-refractivity contribution is -0.108. The predicted molar refractivity (Wildman–Crippen MR) is 117 cm³/mol. The normalized spacial score (nSPS) is 11.6. The maximum atomic E-state index is 14.7. The first-order valence-electron chi connectivity index (χ1n) is 9.72. The molecule has 1 heterocycles. The number of rotatable bonds is 13. The third-order valence-corrected chi connectivity index (χ3v) is 4.37. The quantitative estimate of drug-likeness (QED) is 0.403. The molecule has 158 valence electrons. The Morgan fingerprint density at radius 2 is 2.07 bits per heavy atom. The van der Waals surface area contributed by atoms with Crippen LogP contribution in [0.2, 0.25) is 0 Å². The van der Waals surface area contributed by atoms with Crippen LogP contribution in [0.15, 0.2) is 46.3 Å². The molecule has 0 amide bonds. The van der Waals surface area contributed by atoms with Gasteiger partial charge in [0.25, 0.3) is 0 Å². The molecular formula is C22H26FN5O2. The fourth-order valence-corrected chi connectivity index (χ4v) is 2.97. The van der Waals surface area contributed by atoms with Crippen molar-refractivity contribution in [3.63, 3.8) is 0 Å². The smallest absolute Gasteiger partial charge is 0.150 e. The fourth-order valence-electron chi connectivity index (χ4n) is 2.97. The molecule has 2 rings (SSSR count). The average Bonchev–Trinajstić information content (AvgIpc) is 3.19. The fraction of sp³-hybridized carbons (Fsp3) is 0.318. The topological polar surface area (TPSA) is 88.7 Å². The van der Waals surface area contributed by atoms with Crippen LogP contribution in [0.1, 0.15) is 41.3 Å². The van der Waals surface area contributed by atoms with Gasteiger partial charge in [0, 0.05) is 24.2 Å². The number of halogens is 1. The molecule has 8 heteroatoms. The number of nitrogens with one attached hydrogen (secondary N) is 1. The van der Waals surface area contributed by atoms with Gasteiger partial charge in [-0.25, -0.2) is 4.39 Å². The number of aldehydes is 2. The van der Waals surface area contributed by atoms with E-state index in [0.717, 1.165) is 30.3 Å². The predicted octanol–water partition coefficient (Wildman–Crippen LogP) is 3.64. The highest BCUT2D eigenvalue weighted by molar-refractivity contribution is 5.79. The summed E-state index contributed by atoms with van der Waals surface area (Å²) in [6.07, 6.45) is 10.4. The molecule has 0 spiro atoms. The molecule has 0 saturated heterocycles. The number of aromatic nitrogens is 2. The summed E-state index contributed by atoms with van der Waals surface area (Å²) in [5.74, 6) is -0.251. The summed E-state index contributed by atoms with van der Waals surface area (Å²) >= 11 is 0. The van der Waals surface area contributed by atoms with Gasteiger partial charge >= 0.3 is 0 Å². The Morgan fingerprint density at radius 1 is 1.30 bits per heavy atom. The second-order valence-electron chi connectivity index (χ2n) is 6.67. The van der Waals surface area contributed by atoms with Gasteiger partial charge in [-0.1, -0.05) is 13.3 Å². The lowest BCUT2D eigenvalue weighted by atomic mass is 9.97. The van der Waals surface area contributed by atoms with E-state index in [2.05, 4.69) is 27.1 Å². The van der Waals surface area contributed by atoms with Crippen molar-refractivity contribution < 1.29 is 14.0 Å². The highest BCUT2D eigenvalue weighted by atomic mass is 19.1. The van der Waals surface area contributed by atoms with Crippen LogP contribution in [-0.2, 0) is 24.2 Å². The molecule has 0 unspecified atom stereocenters. The zero-order valence-electron chi connectivity index (χ0n) is 17.1. The Labute approximate surface area is 175 Å². The molecule has 2 aromatic rings. The van der Waals surface area contributed by atoms with Crippen molar-refractivity contribution in [1.29, 1.82) is 0 Å². The molecule has 1 aromatic heterocycles. The second-order valence-corrected chi connectivity index (χ2v) is 6.67. The van der Waals surface area contributed by atoms with E-state index in [1.807, 2.05) is 6.92 Å². The minimum atomic E-state index is -0.251. The SMILES string of the molecule is C=N/C=C(\C=N/CNc1cnn(CC=O)c1)CCc1cc(C=O)cc(CCC)c1F. The highest BCUT2D eigenvalue weighted by Crippen LogP contribution is 2.20. The van der Waals surface area contributed by atoms with Gasteiger partial charge in [0.1, 0.15) is 25.1 Å². The number of aryl methyl sites for hydroxylation is 2. The van der Waals surface area contributed by atoms with Gasteiger partial charge in [0.2, 0.25) is 0 Å². The van der Waals surface area contributed by atoms with Gasteiger partial charge < -0.3 is 10.1 Å². The van der Waals surface area contributed by atoms with Crippen molar-refractivity contribution in [2.45, 2.75) is 39.2 Å². The number of nitrogens with zero attached hydrogens (tertiary/aromatic N) is 4. The number of hydrogen-bond donors (Lipinski definition) is 1. The monoisotopic (exact) mass is 411 g/mol. The van der Waals surface area contributed by atoms with Crippen molar-refractivity contribution in [3.8, 4) is 0 Å². The van der Waals surface area contributed by atoms with Crippen LogP contribution in [0.5, 0.6) is 0 Å². The Hall–Kier alpha value is -3.42. The zero-order chi connectivity index (χ0) is 21.8. The Balaban J connectivity index is 1.98. The number of carbonyl (C=O) groups excluding carboxylic acids is 2. The standard InChI is InChI=1S/C22H26FN5O2/c1-3-4-19-9-18(15-30)10-20(22(19)23)6-5-17(11-24-2)12-25-16-26-21-13-27-28(14-21)7-8-29/h8-15,26H,2-7,16H2,1H3/b17-11-,25-12-. The molecule has 0 fully saturated rings. The number of anilines is 1. The molecule has 7 nitrogen and oxygen atoms in total. The zero-order valence-corrected chi connectivity index (χ0v) is 17.1. The van der Waals surface area contributed by atoms with E-state index in [4.69, 9.17) is 0 Å². The summed E-state index contributed by atoms with van der Waals surface area (Å²) in [7, 11) is 0. The lowest BCUT2D eigenvalue weighted by Crippen LogP contribution is -2.02. The minimum absolute atomic E-state index is 0.199. The summed E-state index contributed by atoms with van der Waals surface area (Å²) in [5, 5.41) is 7.10. The van der Waals surface area contributed by atoms with Crippen LogP contribution < -0.4 is 5.32 Å². The van der Waals surface area contributed by atoms with Crippen molar-refractivity contribution in [3.05, 3.63) is 58.8 Å². The number of carbonyl (C=O) groups is 2. The second kappa shape index (κ2) is 12.2. The van der Waals surface area contributed by atoms with Crippen molar-refractivity contribution in [2.24, 2.45) is 9.98 Å². The van der Waals surface area contributed by atoms with E-state index in [9.17, 15) is 14.0 Å². The summed E-state index contributed by atoms with van der Waals surface area (Å²) in [5.41, 5.74) is 3.09. The van der Waals surface area contributed by atoms with Crippen LogP contribution in [0.4, 0.5) is 10.1 Å². The molecule has 0 atom stereocenters. The molecule has 0 radical (unpaired) electrons. The summed E-state index contributed by atoms with van der Waals surface area (Å²) in [4.78, 5) is 29.8. The molecule has 0 aliphatic carbocycles. The van der Waals surface area contributed by atoms with E-state index in [1.54, 1.807) is 36.9 Å². The molecule has 30 heavy (non-hydrogen) atoms. The van der Waals surface area contributed by atoms with E-state index in [1.165, 1.54) is 4.68 Å². The Morgan fingerprint density at radius 3 is 2.73 bits per heavy atom. The first kappa shape index (κ1) is 22.9. The molecule has 0 aliphatic heterocycles. The van der Waals surface area contributed by atoms with Gasteiger partial charge in [-0.3, -0.25) is 19.5 Å². The van der Waals surface area contributed by atoms with Crippen LogP contribution in [0.3, 0.4) is 0 Å². The first-order chi connectivity index (χ1) is 14.6. The van der Waals surface area contributed by atoms with Gasteiger partial charge in [-0.2, -0.15) is 5.10 Å². The average molecular weight is 411 g/mol. The van der Waals surface area contributed by atoms with Crippen molar-refractivity contribution in [1.82, 2.24) is 9.78 Å². The van der Waals surface area contributed by atoms with Crippen LogP contribution >= 0.6 is 0 Å². The number of hydrogen-bond acceptors (Lipinski definition) is 6. The minimum Gasteiger partial charge on any atom is -0.364 e. The van der Waals surface area contributed by atoms with E-state index in [-0.39, 0.29) is 12.4 Å². The summed E-state index contributed by atoms with van der Waals surface area (Å²) < 4.78 is 16.2.